The number of nitrogens with zero attached hydrogens (tertiary/aromatic N) is 5. The van der Waals surface area contributed by atoms with Gasteiger partial charge in [0.25, 0.3) is 0 Å². The Labute approximate surface area is 141 Å². The Bertz CT molecular complexity index is 683. The van der Waals surface area contributed by atoms with E-state index in [1.807, 2.05) is 49.1 Å². The number of tetrazole rings is 1. The molecule has 3 rings (SSSR count). The van der Waals surface area contributed by atoms with Gasteiger partial charge >= 0.3 is 0 Å². The molecule has 0 radical (unpaired) electrons. The summed E-state index contributed by atoms with van der Waals surface area (Å²) in [5, 5.41) is 12.5. The van der Waals surface area contributed by atoms with Crippen LogP contribution in [0, 0.1) is 0 Å². The molecule has 7 heteroatoms. The Morgan fingerprint density at radius 1 is 1.25 bits per heavy atom. The highest BCUT2D eigenvalue weighted by Gasteiger charge is 2.33. The van der Waals surface area contributed by atoms with E-state index in [1.165, 1.54) is 4.80 Å². The summed E-state index contributed by atoms with van der Waals surface area (Å²) in [6, 6.07) is 9.18. The minimum Gasteiger partial charge on any atom is -0.336 e. The van der Waals surface area contributed by atoms with Crippen molar-refractivity contribution in [1.82, 2.24) is 25.1 Å². The molecule has 7 nitrogen and oxygen atoms in total. The molecule has 3 unspecified atom stereocenters. The van der Waals surface area contributed by atoms with Crippen molar-refractivity contribution < 1.29 is 4.79 Å². The van der Waals surface area contributed by atoms with Crippen LogP contribution in [-0.2, 0) is 4.79 Å². The zero-order valence-corrected chi connectivity index (χ0v) is 14.2. The van der Waals surface area contributed by atoms with Crippen molar-refractivity contribution in [2.45, 2.75) is 51.2 Å². The van der Waals surface area contributed by atoms with E-state index in [9.17, 15) is 4.79 Å². The van der Waals surface area contributed by atoms with Gasteiger partial charge in [0.2, 0.25) is 11.7 Å². The maximum Gasteiger partial charge on any atom is 0.249 e. The summed E-state index contributed by atoms with van der Waals surface area (Å²) in [4.78, 5) is 16.2. The third-order valence-electron chi connectivity index (χ3n) is 4.60. The second kappa shape index (κ2) is 7.09. The molecule has 0 bridgehead atoms. The first-order valence-electron chi connectivity index (χ1n) is 8.49. The van der Waals surface area contributed by atoms with E-state index in [-0.39, 0.29) is 18.0 Å². The second-order valence-electron chi connectivity index (χ2n) is 6.43. The molecule has 1 aromatic heterocycles. The molecule has 0 aliphatic carbocycles. The zero-order valence-electron chi connectivity index (χ0n) is 14.2. The van der Waals surface area contributed by atoms with E-state index in [0.717, 1.165) is 31.4 Å². The van der Waals surface area contributed by atoms with Crippen LogP contribution < -0.4 is 5.73 Å². The zero-order chi connectivity index (χ0) is 17.1. The number of benzene rings is 1. The average molecular weight is 328 g/mol. The van der Waals surface area contributed by atoms with Crippen LogP contribution in [0.25, 0.3) is 11.4 Å². The third kappa shape index (κ3) is 3.31. The van der Waals surface area contributed by atoms with Gasteiger partial charge in [-0.05, 0) is 38.3 Å². The van der Waals surface area contributed by atoms with Gasteiger partial charge in [-0.15, -0.1) is 10.2 Å². The van der Waals surface area contributed by atoms with Crippen LogP contribution in [0.5, 0.6) is 0 Å². The van der Waals surface area contributed by atoms with Crippen molar-refractivity contribution in [2.75, 3.05) is 6.54 Å². The molecule has 2 heterocycles. The molecule has 1 amide bonds. The highest BCUT2D eigenvalue weighted by atomic mass is 16.2. The predicted molar refractivity (Wildman–Crippen MR) is 91.0 cm³/mol. The smallest absolute Gasteiger partial charge is 0.249 e. The van der Waals surface area contributed by atoms with E-state index >= 15 is 0 Å². The van der Waals surface area contributed by atoms with Crippen LogP contribution in [0.1, 0.15) is 39.2 Å². The first-order chi connectivity index (χ1) is 11.6. The quantitative estimate of drug-likeness (QED) is 0.921. The van der Waals surface area contributed by atoms with E-state index in [4.69, 9.17) is 5.73 Å². The summed E-state index contributed by atoms with van der Waals surface area (Å²) in [6.45, 7) is 4.52. The van der Waals surface area contributed by atoms with Gasteiger partial charge in [0.05, 0.1) is 0 Å². The standard InChI is InChI=1S/C17H24N6O/c1-12(18)15-10-6-7-11-22(15)17(24)13(2)23-20-16(19-21-23)14-8-4-3-5-9-14/h3-5,8-9,12-13,15H,6-7,10-11,18H2,1-2H3. The minimum atomic E-state index is -0.491. The lowest BCUT2D eigenvalue weighted by Gasteiger charge is -2.39. The Balaban J connectivity index is 1.77. The number of hydrogen-bond donors (Lipinski definition) is 1. The van der Waals surface area contributed by atoms with Crippen molar-refractivity contribution in [2.24, 2.45) is 5.73 Å². The first kappa shape index (κ1) is 16.6. The summed E-state index contributed by atoms with van der Waals surface area (Å²) in [5.74, 6) is 0.534. The van der Waals surface area contributed by atoms with Gasteiger partial charge < -0.3 is 10.6 Å². The molecule has 0 spiro atoms. The maximum atomic E-state index is 12.9. The van der Waals surface area contributed by atoms with Crippen LogP contribution >= 0.6 is 0 Å². The van der Waals surface area contributed by atoms with Crippen molar-refractivity contribution in [3.63, 3.8) is 0 Å². The molecular formula is C17H24N6O. The van der Waals surface area contributed by atoms with Gasteiger partial charge in [0, 0.05) is 24.2 Å². The molecule has 3 atom stereocenters. The van der Waals surface area contributed by atoms with Gasteiger partial charge in [-0.25, -0.2) is 0 Å². The SMILES string of the molecule is CC(N)C1CCCCN1C(=O)C(C)n1nnc(-c2ccccc2)n1. The van der Waals surface area contributed by atoms with Gasteiger partial charge in [-0.2, -0.15) is 4.80 Å². The molecule has 1 aliphatic heterocycles. The fourth-order valence-electron chi connectivity index (χ4n) is 3.21. The van der Waals surface area contributed by atoms with E-state index < -0.39 is 6.04 Å². The van der Waals surface area contributed by atoms with Gasteiger partial charge in [-0.3, -0.25) is 4.79 Å². The van der Waals surface area contributed by atoms with Crippen LogP contribution in [0.4, 0.5) is 0 Å². The van der Waals surface area contributed by atoms with Crippen LogP contribution in [0.2, 0.25) is 0 Å². The van der Waals surface area contributed by atoms with Crippen LogP contribution in [0.3, 0.4) is 0 Å². The number of rotatable bonds is 4. The van der Waals surface area contributed by atoms with Crippen molar-refractivity contribution in [1.29, 1.82) is 0 Å². The minimum absolute atomic E-state index is 0.00834. The molecular weight excluding hydrogens is 304 g/mol. The number of likely N-dealkylation sites (tertiary alicyclic amines) is 1. The Hall–Kier alpha value is -2.28. The van der Waals surface area contributed by atoms with E-state index in [2.05, 4.69) is 15.4 Å². The molecule has 1 aromatic carbocycles. The normalized spacial score (nSPS) is 20.6. The number of amides is 1. The number of carbonyl (C=O) groups is 1. The molecule has 1 saturated heterocycles. The largest absolute Gasteiger partial charge is 0.336 e. The van der Waals surface area contributed by atoms with Crippen LogP contribution in [0.15, 0.2) is 30.3 Å². The van der Waals surface area contributed by atoms with Crippen molar-refractivity contribution in [3.05, 3.63) is 30.3 Å². The highest BCUT2D eigenvalue weighted by Crippen LogP contribution is 2.22. The number of piperidine rings is 1. The monoisotopic (exact) mass is 328 g/mol. The molecule has 24 heavy (non-hydrogen) atoms. The Kier molecular flexibility index (Phi) is 4.89. The van der Waals surface area contributed by atoms with Gasteiger partial charge in [-0.1, -0.05) is 30.3 Å². The lowest BCUT2D eigenvalue weighted by molar-refractivity contribution is -0.139. The maximum absolute atomic E-state index is 12.9. The number of hydrogen-bond acceptors (Lipinski definition) is 5. The lowest BCUT2D eigenvalue weighted by atomic mass is 9.96. The molecule has 2 N–H and O–H groups in total. The average Bonchev–Trinajstić information content (AvgIpc) is 3.11. The number of carbonyl (C=O) groups excluding carboxylic acids is 1. The highest BCUT2D eigenvalue weighted by molar-refractivity contribution is 5.80. The van der Waals surface area contributed by atoms with Crippen molar-refractivity contribution in [3.8, 4) is 11.4 Å². The summed E-state index contributed by atoms with van der Waals surface area (Å²) in [7, 11) is 0. The lowest BCUT2D eigenvalue weighted by Crippen LogP contribution is -2.53. The first-order valence-corrected chi connectivity index (χ1v) is 8.49. The molecule has 2 aromatic rings. The number of aromatic nitrogens is 4. The topological polar surface area (TPSA) is 89.9 Å². The van der Waals surface area contributed by atoms with Crippen LogP contribution in [-0.4, -0.2) is 49.6 Å². The fourth-order valence-corrected chi connectivity index (χ4v) is 3.21. The summed E-state index contributed by atoms with van der Waals surface area (Å²) >= 11 is 0. The molecule has 1 fully saturated rings. The van der Waals surface area contributed by atoms with Gasteiger partial charge in [0.1, 0.15) is 6.04 Å². The summed E-state index contributed by atoms with van der Waals surface area (Å²) < 4.78 is 0. The van der Waals surface area contributed by atoms with Gasteiger partial charge in [0.15, 0.2) is 0 Å². The van der Waals surface area contributed by atoms with E-state index in [1.54, 1.807) is 0 Å². The molecule has 1 aliphatic rings. The fraction of sp³-hybridized carbons (Fsp3) is 0.529. The number of nitrogens with two attached hydrogens (primary N) is 1. The third-order valence-corrected chi connectivity index (χ3v) is 4.60. The van der Waals surface area contributed by atoms with E-state index in [0.29, 0.717) is 5.82 Å². The van der Waals surface area contributed by atoms with Crippen molar-refractivity contribution >= 4 is 5.91 Å². The Morgan fingerprint density at radius 3 is 2.71 bits per heavy atom. The Morgan fingerprint density at radius 2 is 2.00 bits per heavy atom. The molecule has 128 valence electrons. The second-order valence-corrected chi connectivity index (χ2v) is 6.43. The summed E-state index contributed by atoms with van der Waals surface area (Å²) in [6.07, 6.45) is 3.09. The molecule has 0 saturated carbocycles. The summed E-state index contributed by atoms with van der Waals surface area (Å²) in [5.41, 5.74) is 6.95. The predicted octanol–water partition coefficient (Wildman–Crippen LogP) is 1.63.